The number of aromatic nitrogens is 2. The van der Waals surface area contributed by atoms with Gasteiger partial charge in [0.15, 0.2) is 0 Å². The van der Waals surface area contributed by atoms with Crippen LogP contribution in [0.3, 0.4) is 0 Å². The largest absolute Gasteiger partial charge is 0.309 e. The van der Waals surface area contributed by atoms with Crippen molar-refractivity contribution in [3.8, 4) is 16.8 Å². The van der Waals surface area contributed by atoms with E-state index in [2.05, 4.69) is 129 Å². The summed E-state index contributed by atoms with van der Waals surface area (Å²) in [7, 11) is 0. The molecule has 4 heterocycles. The van der Waals surface area contributed by atoms with Crippen LogP contribution in [0.25, 0.3) is 76.7 Å². The number of hydrogen-bond acceptors (Lipinski definition) is 1. The average molecular weight is 489 g/mol. The third-order valence-electron chi connectivity index (χ3n) is 7.98. The number of fused-ring (bicyclic) bond motifs is 9. The third-order valence-corrected chi connectivity index (χ3v) is 8.71. The van der Waals surface area contributed by atoms with Crippen LogP contribution in [0.4, 0.5) is 0 Å². The van der Waals surface area contributed by atoms with Crippen LogP contribution in [-0.2, 0) is 0 Å². The molecule has 0 bridgehead atoms. The second kappa shape index (κ2) is 7.00. The van der Waals surface area contributed by atoms with Gasteiger partial charge in [-0.25, -0.2) is 0 Å². The Hall–Kier alpha value is -4.60. The van der Waals surface area contributed by atoms with E-state index in [0.717, 1.165) is 0 Å². The summed E-state index contributed by atoms with van der Waals surface area (Å²) in [6.45, 7) is 0. The van der Waals surface area contributed by atoms with Gasteiger partial charge in [0.2, 0.25) is 0 Å². The lowest BCUT2D eigenvalue weighted by molar-refractivity contribution is 1.18. The van der Waals surface area contributed by atoms with Gasteiger partial charge in [-0.2, -0.15) is 0 Å². The highest BCUT2D eigenvalue weighted by Crippen LogP contribution is 2.42. The molecule has 4 aromatic heterocycles. The van der Waals surface area contributed by atoms with Crippen LogP contribution in [0.2, 0.25) is 0 Å². The summed E-state index contributed by atoms with van der Waals surface area (Å²) >= 11 is 1.78. The van der Waals surface area contributed by atoms with Crippen LogP contribution >= 0.6 is 11.3 Å². The van der Waals surface area contributed by atoms with E-state index >= 15 is 0 Å². The Labute approximate surface area is 216 Å². The fraction of sp³-hybridized carbons (Fsp3) is 0. The van der Waals surface area contributed by atoms with E-state index < -0.39 is 0 Å². The first-order valence-electron chi connectivity index (χ1n) is 12.6. The number of rotatable bonds is 2. The van der Waals surface area contributed by atoms with Gasteiger partial charge in [-0.3, -0.25) is 0 Å². The number of benzene rings is 5. The number of thiophene rings is 1. The number of nitrogens with zero attached hydrogens (tertiary/aromatic N) is 2. The Balaban J connectivity index is 1.31. The van der Waals surface area contributed by atoms with Gasteiger partial charge in [0, 0.05) is 48.8 Å². The normalized spacial score (nSPS) is 12.3. The smallest absolute Gasteiger partial charge is 0.0648 e. The molecule has 0 spiro atoms. The van der Waals surface area contributed by atoms with Gasteiger partial charge in [0.25, 0.3) is 0 Å². The molecule has 0 aliphatic rings. The van der Waals surface area contributed by atoms with Crippen molar-refractivity contribution in [3.05, 3.63) is 120 Å². The van der Waals surface area contributed by atoms with Crippen molar-refractivity contribution in [1.82, 2.24) is 8.97 Å². The van der Waals surface area contributed by atoms with Crippen molar-refractivity contribution in [2.75, 3.05) is 0 Å². The zero-order chi connectivity index (χ0) is 24.1. The van der Waals surface area contributed by atoms with Crippen LogP contribution in [-0.4, -0.2) is 8.97 Å². The Bertz CT molecular complexity index is 2300. The van der Waals surface area contributed by atoms with Crippen LogP contribution in [0.15, 0.2) is 120 Å². The van der Waals surface area contributed by atoms with E-state index in [1.54, 1.807) is 11.3 Å². The maximum absolute atomic E-state index is 2.45. The molecule has 9 rings (SSSR count). The highest BCUT2D eigenvalue weighted by atomic mass is 32.1. The Kier molecular flexibility index (Phi) is 3.70. The topological polar surface area (TPSA) is 9.34 Å². The molecule has 3 heteroatoms. The molecule has 0 unspecified atom stereocenters. The molecule has 0 N–H and O–H groups in total. The van der Waals surface area contributed by atoms with Crippen molar-refractivity contribution in [2.24, 2.45) is 0 Å². The van der Waals surface area contributed by atoms with E-state index in [4.69, 9.17) is 0 Å². The molecular formula is C34H20N2S. The molecule has 0 amide bonds. The molecule has 0 fully saturated rings. The van der Waals surface area contributed by atoms with E-state index in [-0.39, 0.29) is 0 Å². The summed E-state index contributed by atoms with van der Waals surface area (Å²) in [5.74, 6) is 0. The first-order chi connectivity index (χ1) is 18.4. The molecule has 2 nitrogen and oxygen atoms in total. The molecule has 37 heavy (non-hydrogen) atoms. The van der Waals surface area contributed by atoms with Crippen LogP contribution in [0, 0.1) is 0 Å². The van der Waals surface area contributed by atoms with Crippen LogP contribution in [0.5, 0.6) is 0 Å². The lowest BCUT2D eigenvalue weighted by atomic mass is 10.00. The SMILES string of the molecule is c1ccc(-n2c3ccccc3c3cc(-c4ccc5c(c4)c4cccc6c7cscc7n5c46)ccc32)cc1. The quantitative estimate of drug-likeness (QED) is 0.229. The number of para-hydroxylation sites is 3. The standard InChI is InChI=1S/C34H20N2S/c1-2-7-23(8-3-1)35-30-12-5-4-9-24(30)27-17-21(13-15-31(27)35)22-14-16-32-28(18-22)25-10-6-11-26-29-19-37-20-33(29)36(32)34(25)26/h1-20H. The van der Waals surface area contributed by atoms with Gasteiger partial charge in [0.05, 0.1) is 27.6 Å². The Morgan fingerprint density at radius 2 is 1.08 bits per heavy atom. The van der Waals surface area contributed by atoms with Crippen molar-refractivity contribution in [1.29, 1.82) is 0 Å². The summed E-state index contributed by atoms with van der Waals surface area (Å²) in [6, 6.07) is 40.0. The van der Waals surface area contributed by atoms with Crippen molar-refractivity contribution in [3.63, 3.8) is 0 Å². The fourth-order valence-electron chi connectivity index (χ4n) is 6.39. The van der Waals surface area contributed by atoms with Crippen LogP contribution < -0.4 is 0 Å². The molecule has 0 aliphatic heterocycles. The van der Waals surface area contributed by atoms with Gasteiger partial charge in [0.1, 0.15) is 0 Å². The highest BCUT2D eigenvalue weighted by molar-refractivity contribution is 7.09. The summed E-state index contributed by atoms with van der Waals surface area (Å²) < 4.78 is 4.82. The molecular weight excluding hydrogens is 468 g/mol. The number of hydrogen-bond donors (Lipinski definition) is 0. The maximum Gasteiger partial charge on any atom is 0.0648 e. The minimum Gasteiger partial charge on any atom is -0.309 e. The van der Waals surface area contributed by atoms with E-state index in [1.165, 1.54) is 76.7 Å². The average Bonchev–Trinajstić information content (AvgIpc) is 3.70. The highest BCUT2D eigenvalue weighted by Gasteiger charge is 2.18. The van der Waals surface area contributed by atoms with Crippen molar-refractivity contribution < 1.29 is 0 Å². The minimum atomic E-state index is 1.19. The second-order valence-corrected chi connectivity index (χ2v) is 10.6. The van der Waals surface area contributed by atoms with Gasteiger partial charge in [-0.15, -0.1) is 11.3 Å². The minimum absolute atomic E-state index is 1.19. The monoisotopic (exact) mass is 488 g/mol. The van der Waals surface area contributed by atoms with Gasteiger partial charge in [-0.1, -0.05) is 66.7 Å². The molecule has 0 saturated carbocycles. The summed E-state index contributed by atoms with van der Waals surface area (Å²) in [6.07, 6.45) is 0. The molecule has 172 valence electrons. The molecule has 0 aliphatic carbocycles. The van der Waals surface area contributed by atoms with E-state index in [9.17, 15) is 0 Å². The Morgan fingerprint density at radius 1 is 0.432 bits per heavy atom. The third kappa shape index (κ3) is 2.49. The Morgan fingerprint density at radius 3 is 1.92 bits per heavy atom. The fourth-order valence-corrected chi connectivity index (χ4v) is 7.20. The van der Waals surface area contributed by atoms with Crippen molar-refractivity contribution >= 4 is 71.2 Å². The zero-order valence-electron chi connectivity index (χ0n) is 19.8. The predicted octanol–water partition coefficient (Wildman–Crippen LogP) is 9.66. The summed E-state index contributed by atoms with van der Waals surface area (Å²) in [5, 5.41) is 12.5. The lowest BCUT2D eigenvalue weighted by Crippen LogP contribution is -1.92. The summed E-state index contributed by atoms with van der Waals surface area (Å²) in [4.78, 5) is 0. The summed E-state index contributed by atoms with van der Waals surface area (Å²) in [5.41, 5.74) is 10.1. The predicted molar refractivity (Wildman–Crippen MR) is 159 cm³/mol. The zero-order valence-corrected chi connectivity index (χ0v) is 20.7. The van der Waals surface area contributed by atoms with E-state index in [1.807, 2.05) is 0 Å². The first-order valence-corrected chi connectivity index (χ1v) is 13.5. The van der Waals surface area contributed by atoms with Gasteiger partial charge >= 0.3 is 0 Å². The van der Waals surface area contributed by atoms with Crippen molar-refractivity contribution in [2.45, 2.75) is 0 Å². The molecule has 9 aromatic rings. The first kappa shape index (κ1) is 19.6. The molecule has 0 saturated heterocycles. The molecule has 0 radical (unpaired) electrons. The lowest BCUT2D eigenvalue weighted by Gasteiger charge is -2.08. The second-order valence-electron chi connectivity index (χ2n) is 9.86. The van der Waals surface area contributed by atoms with E-state index in [0.29, 0.717) is 0 Å². The van der Waals surface area contributed by atoms with Gasteiger partial charge in [-0.05, 0) is 53.6 Å². The molecule has 5 aromatic carbocycles. The van der Waals surface area contributed by atoms with Crippen LogP contribution in [0.1, 0.15) is 0 Å². The van der Waals surface area contributed by atoms with Gasteiger partial charge < -0.3 is 8.97 Å². The maximum atomic E-state index is 2.45. The molecule has 0 atom stereocenters.